The van der Waals surface area contributed by atoms with Crippen LogP contribution in [0.1, 0.15) is 32.6 Å². The fraction of sp³-hybridized carbons (Fsp3) is 1.00. The summed E-state index contributed by atoms with van der Waals surface area (Å²) < 4.78 is 5.46. The van der Waals surface area contributed by atoms with Crippen LogP contribution in [-0.4, -0.2) is 49.5 Å². The van der Waals surface area contributed by atoms with Crippen molar-refractivity contribution < 1.29 is 9.84 Å². The van der Waals surface area contributed by atoms with Gasteiger partial charge in [0.15, 0.2) is 0 Å². The van der Waals surface area contributed by atoms with E-state index in [1.807, 2.05) is 0 Å². The number of nitrogens with zero attached hydrogens (tertiary/aromatic N) is 1. The number of likely N-dealkylation sites (tertiary alicyclic amines) is 1. The minimum absolute atomic E-state index is 0.0373. The Balaban J connectivity index is 1.87. The van der Waals surface area contributed by atoms with Crippen molar-refractivity contribution in [3.63, 3.8) is 0 Å². The van der Waals surface area contributed by atoms with Crippen LogP contribution in [0.2, 0.25) is 0 Å². The van der Waals surface area contributed by atoms with Crippen molar-refractivity contribution in [1.82, 2.24) is 4.90 Å². The van der Waals surface area contributed by atoms with Crippen LogP contribution >= 0.6 is 0 Å². The molecule has 0 bridgehead atoms. The summed E-state index contributed by atoms with van der Waals surface area (Å²) >= 11 is 0. The standard InChI is InChI=1S/C13H25NO2/c1-2-12-4-3-6-14(8-12)9-13(10-15)5-7-16-11-13/h12,15H,2-11H2,1H3. The number of piperidine rings is 1. The number of hydrogen-bond acceptors (Lipinski definition) is 3. The Labute approximate surface area is 98.8 Å². The molecule has 1 N–H and O–H groups in total. The number of aliphatic hydroxyl groups is 1. The summed E-state index contributed by atoms with van der Waals surface area (Å²) in [5, 5.41) is 9.56. The Morgan fingerprint density at radius 2 is 2.38 bits per heavy atom. The predicted octanol–water partition coefficient (Wildman–Crippen LogP) is 1.51. The Morgan fingerprint density at radius 3 is 3.00 bits per heavy atom. The molecule has 0 aromatic heterocycles. The maximum atomic E-state index is 9.56. The molecule has 2 rings (SSSR count). The molecule has 0 aliphatic carbocycles. The van der Waals surface area contributed by atoms with Crippen molar-refractivity contribution in [3.8, 4) is 0 Å². The zero-order chi connectivity index (χ0) is 11.4. The van der Waals surface area contributed by atoms with Crippen LogP contribution in [0.15, 0.2) is 0 Å². The highest BCUT2D eigenvalue weighted by molar-refractivity contribution is 4.87. The Hall–Kier alpha value is -0.120. The van der Waals surface area contributed by atoms with Gasteiger partial charge in [0.25, 0.3) is 0 Å². The van der Waals surface area contributed by atoms with E-state index in [0.717, 1.165) is 32.1 Å². The molecule has 2 fully saturated rings. The van der Waals surface area contributed by atoms with Gasteiger partial charge in [0.1, 0.15) is 0 Å². The summed E-state index contributed by atoms with van der Waals surface area (Å²) in [6.45, 7) is 7.59. The predicted molar refractivity (Wildman–Crippen MR) is 64.4 cm³/mol. The average Bonchev–Trinajstić information content (AvgIpc) is 2.78. The highest BCUT2D eigenvalue weighted by atomic mass is 16.5. The third-order valence-electron chi connectivity index (χ3n) is 4.26. The minimum atomic E-state index is 0.0373. The molecule has 16 heavy (non-hydrogen) atoms. The summed E-state index contributed by atoms with van der Waals surface area (Å²) in [5.74, 6) is 0.867. The molecule has 0 aromatic rings. The van der Waals surface area contributed by atoms with Crippen LogP contribution in [-0.2, 0) is 4.74 Å². The van der Waals surface area contributed by atoms with Gasteiger partial charge >= 0.3 is 0 Å². The van der Waals surface area contributed by atoms with E-state index in [0.29, 0.717) is 0 Å². The van der Waals surface area contributed by atoms with Gasteiger partial charge in [0.2, 0.25) is 0 Å². The van der Waals surface area contributed by atoms with Gasteiger partial charge in [-0.05, 0) is 31.7 Å². The number of aliphatic hydroxyl groups excluding tert-OH is 1. The van der Waals surface area contributed by atoms with Gasteiger partial charge in [-0.15, -0.1) is 0 Å². The molecule has 0 aromatic carbocycles. The largest absolute Gasteiger partial charge is 0.396 e. The lowest BCUT2D eigenvalue weighted by atomic mass is 9.86. The van der Waals surface area contributed by atoms with E-state index in [4.69, 9.17) is 4.74 Å². The number of rotatable bonds is 4. The Kier molecular flexibility index (Phi) is 4.22. The summed E-state index contributed by atoms with van der Waals surface area (Å²) in [5.41, 5.74) is 0.0373. The summed E-state index contributed by atoms with van der Waals surface area (Å²) in [6.07, 6.45) is 5.02. The molecule has 2 atom stereocenters. The van der Waals surface area contributed by atoms with Crippen molar-refractivity contribution in [2.24, 2.45) is 11.3 Å². The maximum Gasteiger partial charge on any atom is 0.0557 e. The Bertz CT molecular complexity index is 214. The molecule has 0 radical (unpaired) electrons. The zero-order valence-electron chi connectivity index (χ0n) is 10.5. The second-order valence-corrected chi connectivity index (χ2v) is 5.61. The molecule has 94 valence electrons. The lowest BCUT2D eigenvalue weighted by molar-refractivity contribution is 0.0409. The van der Waals surface area contributed by atoms with Crippen molar-refractivity contribution in [1.29, 1.82) is 0 Å². The first-order valence-electron chi connectivity index (χ1n) is 6.69. The van der Waals surface area contributed by atoms with Crippen molar-refractivity contribution in [2.45, 2.75) is 32.6 Å². The van der Waals surface area contributed by atoms with Crippen LogP contribution in [0.3, 0.4) is 0 Å². The smallest absolute Gasteiger partial charge is 0.0557 e. The first-order valence-corrected chi connectivity index (χ1v) is 6.69. The number of hydrogen-bond donors (Lipinski definition) is 1. The molecular formula is C13H25NO2. The van der Waals surface area contributed by atoms with Gasteiger partial charge in [0.05, 0.1) is 13.2 Å². The van der Waals surface area contributed by atoms with E-state index in [1.54, 1.807) is 0 Å². The van der Waals surface area contributed by atoms with Crippen molar-refractivity contribution >= 4 is 0 Å². The van der Waals surface area contributed by atoms with Gasteiger partial charge in [-0.3, -0.25) is 0 Å². The molecule has 0 amide bonds. The van der Waals surface area contributed by atoms with E-state index >= 15 is 0 Å². The first-order chi connectivity index (χ1) is 7.78. The van der Waals surface area contributed by atoms with Crippen LogP contribution in [0.5, 0.6) is 0 Å². The molecule has 0 spiro atoms. The summed E-state index contributed by atoms with van der Waals surface area (Å²) in [4.78, 5) is 2.54. The van der Waals surface area contributed by atoms with Crippen LogP contribution in [0.4, 0.5) is 0 Å². The fourth-order valence-corrected chi connectivity index (χ4v) is 3.05. The highest BCUT2D eigenvalue weighted by Gasteiger charge is 2.36. The lowest BCUT2D eigenvalue weighted by Crippen LogP contribution is -2.45. The second kappa shape index (κ2) is 5.48. The van der Waals surface area contributed by atoms with E-state index in [2.05, 4.69) is 11.8 Å². The van der Waals surface area contributed by atoms with Crippen molar-refractivity contribution in [3.05, 3.63) is 0 Å². The van der Waals surface area contributed by atoms with Crippen LogP contribution in [0, 0.1) is 11.3 Å². The van der Waals surface area contributed by atoms with E-state index in [-0.39, 0.29) is 12.0 Å². The summed E-state index contributed by atoms with van der Waals surface area (Å²) in [6, 6.07) is 0. The molecular weight excluding hydrogens is 202 g/mol. The number of ether oxygens (including phenoxy) is 1. The second-order valence-electron chi connectivity index (χ2n) is 5.61. The summed E-state index contributed by atoms with van der Waals surface area (Å²) in [7, 11) is 0. The SMILES string of the molecule is CCC1CCCN(CC2(CO)CCOC2)C1. The normalized spacial score (nSPS) is 36.8. The highest BCUT2D eigenvalue weighted by Crippen LogP contribution is 2.31. The fourth-order valence-electron chi connectivity index (χ4n) is 3.05. The third kappa shape index (κ3) is 2.76. The molecule has 2 saturated heterocycles. The minimum Gasteiger partial charge on any atom is -0.396 e. The van der Waals surface area contributed by atoms with E-state index in [9.17, 15) is 5.11 Å². The molecule has 3 nitrogen and oxygen atoms in total. The van der Waals surface area contributed by atoms with Gasteiger partial charge < -0.3 is 14.7 Å². The van der Waals surface area contributed by atoms with Gasteiger partial charge in [-0.2, -0.15) is 0 Å². The third-order valence-corrected chi connectivity index (χ3v) is 4.26. The lowest BCUT2D eigenvalue weighted by Gasteiger charge is -2.38. The molecule has 3 heteroatoms. The average molecular weight is 227 g/mol. The van der Waals surface area contributed by atoms with E-state index in [1.165, 1.54) is 32.4 Å². The maximum absolute atomic E-state index is 9.56. The molecule has 0 saturated carbocycles. The van der Waals surface area contributed by atoms with Crippen LogP contribution in [0.25, 0.3) is 0 Å². The molecule has 2 aliphatic rings. The van der Waals surface area contributed by atoms with Gasteiger partial charge in [-0.25, -0.2) is 0 Å². The first kappa shape index (κ1) is 12.3. The molecule has 2 aliphatic heterocycles. The van der Waals surface area contributed by atoms with Crippen LogP contribution < -0.4 is 0 Å². The van der Waals surface area contributed by atoms with Crippen molar-refractivity contribution in [2.75, 3.05) is 39.5 Å². The monoisotopic (exact) mass is 227 g/mol. The van der Waals surface area contributed by atoms with E-state index < -0.39 is 0 Å². The molecule has 2 heterocycles. The van der Waals surface area contributed by atoms with Gasteiger partial charge in [-0.1, -0.05) is 13.3 Å². The topological polar surface area (TPSA) is 32.7 Å². The quantitative estimate of drug-likeness (QED) is 0.790. The Morgan fingerprint density at radius 1 is 1.50 bits per heavy atom. The zero-order valence-corrected chi connectivity index (χ0v) is 10.5. The molecule has 2 unspecified atom stereocenters. The van der Waals surface area contributed by atoms with Gasteiger partial charge in [0, 0.05) is 25.1 Å².